The van der Waals surface area contributed by atoms with Crippen LogP contribution in [0.25, 0.3) is 0 Å². The average Bonchev–Trinajstić information content (AvgIpc) is 2.21. The van der Waals surface area contributed by atoms with Crippen LogP contribution in [0.2, 0.25) is 0 Å². The van der Waals surface area contributed by atoms with Gasteiger partial charge in [-0.25, -0.2) is 0 Å². The van der Waals surface area contributed by atoms with E-state index in [1.54, 1.807) is 0 Å². The van der Waals surface area contributed by atoms with Crippen LogP contribution in [0.3, 0.4) is 0 Å². The predicted octanol–water partition coefficient (Wildman–Crippen LogP) is 1.99. The number of hydrogen-bond acceptors (Lipinski definition) is 3. The fraction of sp³-hybridized carbons (Fsp3) is 1.00. The zero-order chi connectivity index (χ0) is 13.5. The summed E-state index contributed by atoms with van der Waals surface area (Å²) in [4.78, 5) is 0. The van der Waals surface area contributed by atoms with E-state index < -0.39 is 0 Å². The summed E-state index contributed by atoms with van der Waals surface area (Å²) < 4.78 is 0. The van der Waals surface area contributed by atoms with E-state index in [1.807, 2.05) is 0 Å². The third kappa shape index (κ3) is 9.57. The lowest BCUT2D eigenvalue weighted by atomic mass is 9.89. The van der Waals surface area contributed by atoms with Gasteiger partial charge in [0.05, 0.1) is 0 Å². The van der Waals surface area contributed by atoms with E-state index in [0.717, 1.165) is 19.6 Å². The van der Waals surface area contributed by atoms with Gasteiger partial charge in [0.1, 0.15) is 0 Å². The highest BCUT2D eigenvalue weighted by atomic mass is 15.0. The number of nitrogens with one attached hydrogen (secondary N) is 3. The fourth-order valence-electron chi connectivity index (χ4n) is 1.54. The van der Waals surface area contributed by atoms with E-state index in [1.165, 1.54) is 0 Å². The van der Waals surface area contributed by atoms with E-state index in [4.69, 9.17) is 0 Å². The lowest BCUT2D eigenvalue weighted by Gasteiger charge is -2.33. The summed E-state index contributed by atoms with van der Waals surface area (Å²) in [5.74, 6) is 0. The van der Waals surface area contributed by atoms with Crippen molar-refractivity contribution in [3.63, 3.8) is 0 Å². The number of rotatable bonds is 9. The van der Waals surface area contributed by atoms with Crippen LogP contribution in [-0.2, 0) is 0 Å². The summed E-state index contributed by atoms with van der Waals surface area (Å²) in [6, 6.07) is 1.65. The molecule has 104 valence electrons. The van der Waals surface area contributed by atoms with Crippen LogP contribution in [0.5, 0.6) is 0 Å². The van der Waals surface area contributed by atoms with Crippen LogP contribution in [0, 0.1) is 5.41 Å². The monoisotopic (exact) mass is 243 g/mol. The van der Waals surface area contributed by atoms with Crippen molar-refractivity contribution < 1.29 is 0 Å². The molecule has 0 saturated carbocycles. The summed E-state index contributed by atoms with van der Waals surface area (Å²) in [5, 5.41) is 10.7. The second kappa shape index (κ2) is 8.06. The molecule has 3 N–H and O–H groups in total. The molecule has 0 saturated heterocycles. The molecule has 3 heteroatoms. The van der Waals surface area contributed by atoms with Crippen LogP contribution in [0.15, 0.2) is 0 Å². The zero-order valence-corrected chi connectivity index (χ0v) is 12.9. The smallest absolute Gasteiger partial charge is 0.00492 e. The molecule has 0 aromatic heterocycles. The van der Waals surface area contributed by atoms with Gasteiger partial charge in [0, 0.05) is 43.2 Å². The average molecular weight is 243 g/mol. The van der Waals surface area contributed by atoms with Gasteiger partial charge in [-0.15, -0.1) is 0 Å². The Hall–Kier alpha value is -0.120. The molecule has 0 unspecified atom stereocenters. The molecule has 0 aliphatic carbocycles. The molecule has 0 atom stereocenters. The Bertz CT molecular complexity index is 157. The molecule has 0 aromatic rings. The number of hydrogen-bond donors (Lipinski definition) is 3. The molecular weight excluding hydrogens is 210 g/mol. The van der Waals surface area contributed by atoms with Crippen molar-refractivity contribution in [3.05, 3.63) is 0 Å². The molecule has 0 heterocycles. The first-order chi connectivity index (χ1) is 7.75. The van der Waals surface area contributed by atoms with Gasteiger partial charge in [-0.1, -0.05) is 48.5 Å². The molecule has 17 heavy (non-hydrogen) atoms. The van der Waals surface area contributed by atoms with E-state index in [-0.39, 0.29) is 5.41 Å². The predicted molar refractivity (Wildman–Crippen MR) is 77.5 cm³/mol. The second-order valence-corrected chi connectivity index (χ2v) is 6.42. The van der Waals surface area contributed by atoms with Gasteiger partial charge in [0.15, 0.2) is 0 Å². The topological polar surface area (TPSA) is 36.1 Å². The van der Waals surface area contributed by atoms with Crippen molar-refractivity contribution in [2.75, 3.05) is 19.6 Å². The minimum absolute atomic E-state index is 0.263. The van der Waals surface area contributed by atoms with Crippen molar-refractivity contribution in [1.29, 1.82) is 0 Å². The largest absolute Gasteiger partial charge is 0.314 e. The third-order valence-electron chi connectivity index (χ3n) is 2.81. The van der Waals surface area contributed by atoms with E-state index >= 15 is 0 Å². The first kappa shape index (κ1) is 16.9. The highest BCUT2D eigenvalue weighted by Gasteiger charge is 2.24. The van der Waals surface area contributed by atoms with Crippen LogP contribution in [0.4, 0.5) is 0 Å². The molecular formula is C14H33N3. The van der Waals surface area contributed by atoms with Crippen molar-refractivity contribution in [1.82, 2.24) is 16.0 Å². The van der Waals surface area contributed by atoms with Gasteiger partial charge >= 0.3 is 0 Å². The van der Waals surface area contributed by atoms with Gasteiger partial charge in [0.2, 0.25) is 0 Å². The SMILES string of the molecule is CC(C)NCC(C)(CNC(C)C)CNC(C)C. The maximum absolute atomic E-state index is 3.55. The quantitative estimate of drug-likeness (QED) is 0.579. The van der Waals surface area contributed by atoms with Gasteiger partial charge < -0.3 is 16.0 Å². The molecule has 0 aliphatic heterocycles. The zero-order valence-electron chi connectivity index (χ0n) is 12.9. The molecule has 3 nitrogen and oxygen atoms in total. The summed E-state index contributed by atoms with van der Waals surface area (Å²) >= 11 is 0. The van der Waals surface area contributed by atoms with Crippen LogP contribution >= 0.6 is 0 Å². The lowest BCUT2D eigenvalue weighted by molar-refractivity contribution is 0.253. The van der Waals surface area contributed by atoms with Crippen molar-refractivity contribution >= 4 is 0 Å². The van der Waals surface area contributed by atoms with Crippen molar-refractivity contribution in [3.8, 4) is 0 Å². The van der Waals surface area contributed by atoms with E-state index in [9.17, 15) is 0 Å². The van der Waals surface area contributed by atoms with Gasteiger partial charge in [-0.2, -0.15) is 0 Å². The van der Waals surface area contributed by atoms with Crippen LogP contribution < -0.4 is 16.0 Å². The molecule has 0 spiro atoms. The third-order valence-corrected chi connectivity index (χ3v) is 2.81. The molecule has 0 amide bonds. The fourth-order valence-corrected chi connectivity index (χ4v) is 1.54. The van der Waals surface area contributed by atoms with E-state index in [0.29, 0.717) is 18.1 Å². The summed E-state index contributed by atoms with van der Waals surface area (Å²) in [5.41, 5.74) is 0.263. The lowest BCUT2D eigenvalue weighted by Crippen LogP contribution is -2.50. The van der Waals surface area contributed by atoms with Gasteiger partial charge in [-0.05, 0) is 0 Å². The molecule has 0 bridgehead atoms. The normalized spacial score (nSPS) is 13.1. The second-order valence-electron chi connectivity index (χ2n) is 6.42. The summed E-state index contributed by atoms with van der Waals surface area (Å²) in [7, 11) is 0. The van der Waals surface area contributed by atoms with Crippen LogP contribution in [-0.4, -0.2) is 37.8 Å². The standard InChI is InChI=1S/C14H33N3/c1-11(2)15-8-14(7,9-16-12(3)4)10-17-13(5)6/h11-13,15-17H,8-10H2,1-7H3. The Labute approximate surface area is 108 Å². The molecule has 0 fully saturated rings. The van der Waals surface area contributed by atoms with Crippen LogP contribution in [0.1, 0.15) is 48.5 Å². The Kier molecular flexibility index (Phi) is 8.01. The maximum atomic E-state index is 3.55. The molecule has 0 radical (unpaired) electrons. The maximum Gasteiger partial charge on any atom is 0.00492 e. The Balaban J connectivity index is 4.23. The van der Waals surface area contributed by atoms with Crippen molar-refractivity contribution in [2.24, 2.45) is 5.41 Å². The summed E-state index contributed by atoms with van der Waals surface area (Å²) in [6.07, 6.45) is 0. The van der Waals surface area contributed by atoms with Gasteiger partial charge in [0.25, 0.3) is 0 Å². The minimum atomic E-state index is 0.263. The minimum Gasteiger partial charge on any atom is -0.314 e. The van der Waals surface area contributed by atoms with Crippen molar-refractivity contribution in [2.45, 2.75) is 66.6 Å². The van der Waals surface area contributed by atoms with E-state index in [2.05, 4.69) is 64.4 Å². The first-order valence-corrected chi connectivity index (χ1v) is 6.95. The Morgan fingerprint density at radius 1 is 0.647 bits per heavy atom. The highest BCUT2D eigenvalue weighted by molar-refractivity contribution is 4.83. The molecule has 0 aromatic carbocycles. The summed E-state index contributed by atoms with van der Waals surface area (Å²) in [6.45, 7) is 18.7. The highest BCUT2D eigenvalue weighted by Crippen LogP contribution is 2.13. The first-order valence-electron chi connectivity index (χ1n) is 6.95. The molecule has 0 aliphatic rings. The van der Waals surface area contributed by atoms with Gasteiger partial charge in [-0.3, -0.25) is 0 Å². The Morgan fingerprint density at radius 3 is 1.06 bits per heavy atom. The Morgan fingerprint density at radius 2 is 0.882 bits per heavy atom. The molecule has 0 rings (SSSR count).